The van der Waals surface area contributed by atoms with Gasteiger partial charge in [-0.25, -0.2) is 0 Å². The number of carbonyl (C=O) groups is 2. The van der Waals surface area contributed by atoms with Crippen molar-refractivity contribution in [3.05, 3.63) is 64.7 Å². The Balaban J connectivity index is 1.68. The van der Waals surface area contributed by atoms with Crippen molar-refractivity contribution in [3.63, 3.8) is 0 Å². The third-order valence-corrected chi connectivity index (χ3v) is 6.33. The predicted octanol–water partition coefficient (Wildman–Crippen LogP) is 5.15. The fraction of sp³-hybridized carbons (Fsp3) is 0.462. The van der Waals surface area contributed by atoms with Crippen LogP contribution in [0.2, 0.25) is 5.02 Å². The first kappa shape index (κ1) is 24.1. The van der Waals surface area contributed by atoms with Crippen LogP contribution in [-0.4, -0.2) is 35.4 Å². The quantitative estimate of drug-likeness (QED) is 0.567. The molecule has 0 radical (unpaired) electrons. The lowest BCUT2D eigenvalue weighted by atomic mass is 9.95. The van der Waals surface area contributed by atoms with Crippen LogP contribution in [0.15, 0.2) is 48.5 Å². The van der Waals surface area contributed by atoms with Crippen molar-refractivity contribution in [2.75, 3.05) is 6.61 Å². The van der Waals surface area contributed by atoms with Crippen molar-refractivity contribution < 1.29 is 14.3 Å². The van der Waals surface area contributed by atoms with Crippen molar-refractivity contribution in [3.8, 4) is 5.75 Å². The van der Waals surface area contributed by atoms with Gasteiger partial charge in [-0.2, -0.15) is 0 Å². The molecule has 2 aromatic carbocycles. The van der Waals surface area contributed by atoms with Gasteiger partial charge in [-0.1, -0.05) is 62.1 Å². The van der Waals surface area contributed by atoms with Gasteiger partial charge in [-0.3, -0.25) is 9.59 Å². The fourth-order valence-corrected chi connectivity index (χ4v) is 4.11. The molecule has 2 aromatic rings. The first-order valence-electron chi connectivity index (χ1n) is 11.5. The van der Waals surface area contributed by atoms with Crippen molar-refractivity contribution in [2.24, 2.45) is 0 Å². The minimum Gasteiger partial charge on any atom is -0.484 e. The molecule has 0 saturated heterocycles. The van der Waals surface area contributed by atoms with E-state index in [-0.39, 0.29) is 24.5 Å². The summed E-state index contributed by atoms with van der Waals surface area (Å²) in [4.78, 5) is 27.7. The zero-order valence-corrected chi connectivity index (χ0v) is 19.7. The molecule has 6 heteroatoms. The third kappa shape index (κ3) is 6.99. The summed E-state index contributed by atoms with van der Waals surface area (Å²) in [6, 6.07) is 14.6. The Bertz CT molecular complexity index is 877. The largest absolute Gasteiger partial charge is 0.484 e. The molecule has 3 rings (SSSR count). The Hall–Kier alpha value is -2.53. The summed E-state index contributed by atoms with van der Waals surface area (Å²) in [6.45, 7) is 4.06. The number of hydrogen-bond acceptors (Lipinski definition) is 3. The summed E-state index contributed by atoms with van der Waals surface area (Å²) < 4.78 is 5.74. The van der Waals surface area contributed by atoms with Crippen LogP contribution in [0.25, 0.3) is 0 Å². The fourth-order valence-electron chi connectivity index (χ4n) is 3.99. The Morgan fingerprint density at radius 3 is 2.28 bits per heavy atom. The number of hydrogen-bond donors (Lipinski definition) is 1. The van der Waals surface area contributed by atoms with Crippen molar-refractivity contribution >= 4 is 23.4 Å². The molecular weight excluding hydrogens is 424 g/mol. The zero-order valence-electron chi connectivity index (χ0n) is 19.0. The molecule has 2 amide bonds. The summed E-state index contributed by atoms with van der Waals surface area (Å²) in [5.41, 5.74) is 2.12. The first-order valence-corrected chi connectivity index (χ1v) is 11.9. The van der Waals surface area contributed by atoms with E-state index in [2.05, 4.69) is 12.2 Å². The summed E-state index contributed by atoms with van der Waals surface area (Å²) in [5, 5.41) is 3.77. The number of ether oxygens (including phenoxy) is 1. The van der Waals surface area contributed by atoms with Crippen LogP contribution in [0.5, 0.6) is 5.75 Å². The predicted molar refractivity (Wildman–Crippen MR) is 128 cm³/mol. The van der Waals surface area contributed by atoms with Crippen LogP contribution < -0.4 is 10.1 Å². The molecule has 32 heavy (non-hydrogen) atoms. The molecule has 172 valence electrons. The molecule has 5 nitrogen and oxygen atoms in total. The van der Waals surface area contributed by atoms with Crippen LogP contribution in [0.3, 0.4) is 0 Å². The monoisotopic (exact) mass is 456 g/mol. The number of carbonyl (C=O) groups excluding carboxylic acids is 2. The minimum atomic E-state index is -0.605. The number of aryl methyl sites for hydroxylation is 1. The summed E-state index contributed by atoms with van der Waals surface area (Å²) in [6.07, 6.45) is 6.44. The molecule has 0 aliphatic heterocycles. The van der Waals surface area contributed by atoms with E-state index in [9.17, 15) is 9.59 Å². The molecule has 1 aliphatic rings. The average molecular weight is 457 g/mol. The van der Waals surface area contributed by atoms with Gasteiger partial charge in [0.25, 0.3) is 5.91 Å². The van der Waals surface area contributed by atoms with E-state index in [0.717, 1.165) is 37.7 Å². The lowest BCUT2D eigenvalue weighted by Crippen LogP contribution is -2.51. The number of benzene rings is 2. The van der Waals surface area contributed by atoms with E-state index < -0.39 is 6.04 Å². The lowest BCUT2D eigenvalue weighted by Gasteiger charge is -2.31. The standard InChI is InChI=1S/C26H33ClN2O3/c1-3-20-11-15-24(16-12-20)32-18-25(30)29(17-21-9-13-22(27)14-10-21)19(2)26(31)28-23-7-5-4-6-8-23/h9-16,19,23H,3-8,17-18H2,1-2H3,(H,28,31). The van der Waals surface area contributed by atoms with Crippen molar-refractivity contribution in [1.29, 1.82) is 0 Å². The molecule has 1 saturated carbocycles. The molecular formula is C26H33ClN2O3. The summed E-state index contributed by atoms with van der Waals surface area (Å²) in [7, 11) is 0. The maximum Gasteiger partial charge on any atom is 0.261 e. The maximum atomic E-state index is 13.1. The molecule has 0 heterocycles. The highest BCUT2D eigenvalue weighted by molar-refractivity contribution is 6.30. The molecule has 1 atom stereocenters. The van der Waals surface area contributed by atoms with E-state index in [0.29, 0.717) is 17.3 Å². The van der Waals surface area contributed by atoms with Gasteiger partial charge < -0.3 is 15.0 Å². The zero-order chi connectivity index (χ0) is 22.9. The van der Waals surface area contributed by atoms with E-state index >= 15 is 0 Å². The molecule has 0 aromatic heterocycles. The van der Waals surface area contributed by atoms with Crippen molar-refractivity contribution in [1.82, 2.24) is 10.2 Å². The third-order valence-electron chi connectivity index (χ3n) is 6.08. The molecule has 0 spiro atoms. The molecule has 1 aliphatic carbocycles. The SMILES string of the molecule is CCc1ccc(OCC(=O)N(Cc2ccc(Cl)cc2)C(C)C(=O)NC2CCCCC2)cc1. The average Bonchev–Trinajstić information content (AvgIpc) is 2.82. The van der Waals surface area contributed by atoms with Crippen LogP contribution in [0, 0.1) is 0 Å². The van der Waals surface area contributed by atoms with E-state index in [4.69, 9.17) is 16.3 Å². The van der Waals surface area contributed by atoms with E-state index in [1.54, 1.807) is 24.0 Å². The highest BCUT2D eigenvalue weighted by atomic mass is 35.5. The van der Waals surface area contributed by atoms with Gasteiger partial charge in [0, 0.05) is 17.6 Å². The van der Waals surface area contributed by atoms with E-state index in [1.807, 2.05) is 36.4 Å². The Morgan fingerprint density at radius 2 is 1.66 bits per heavy atom. The van der Waals surface area contributed by atoms with E-state index in [1.165, 1.54) is 12.0 Å². The van der Waals surface area contributed by atoms with Gasteiger partial charge >= 0.3 is 0 Å². The molecule has 1 N–H and O–H groups in total. The van der Waals surface area contributed by atoms with Gasteiger partial charge in [-0.05, 0) is 61.6 Å². The first-order chi connectivity index (χ1) is 15.5. The normalized spacial score (nSPS) is 15.1. The smallest absolute Gasteiger partial charge is 0.261 e. The molecule has 1 unspecified atom stereocenters. The second-order valence-corrected chi connectivity index (χ2v) is 8.89. The Labute approximate surface area is 196 Å². The van der Waals surface area contributed by atoms with Crippen LogP contribution in [0.4, 0.5) is 0 Å². The van der Waals surface area contributed by atoms with Gasteiger partial charge in [0.1, 0.15) is 11.8 Å². The van der Waals surface area contributed by atoms with Crippen LogP contribution in [-0.2, 0) is 22.6 Å². The van der Waals surface area contributed by atoms with Gasteiger partial charge in [-0.15, -0.1) is 0 Å². The van der Waals surface area contributed by atoms with Gasteiger partial charge in [0.15, 0.2) is 6.61 Å². The van der Waals surface area contributed by atoms with Crippen LogP contribution >= 0.6 is 11.6 Å². The lowest BCUT2D eigenvalue weighted by molar-refractivity contribution is -0.142. The second-order valence-electron chi connectivity index (χ2n) is 8.45. The van der Waals surface area contributed by atoms with Crippen molar-refractivity contribution in [2.45, 2.75) is 71.0 Å². The summed E-state index contributed by atoms with van der Waals surface area (Å²) >= 11 is 6.01. The Morgan fingerprint density at radius 1 is 1.03 bits per heavy atom. The molecule has 1 fully saturated rings. The second kappa shape index (κ2) is 11.9. The van der Waals surface area contributed by atoms with Gasteiger partial charge in [0.05, 0.1) is 0 Å². The number of halogens is 1. The van der Waals surface area contributed by atoms with Gasteiger partial charge in [0.2, 0.25) is 5.91 Å². The molecule has 0 bridgehead atoms. The highest BCUT2D eigenvalue weighted by Crippen LogP contribution is 2.19. The Kier molecular flexibility index (Phi) is 8.98. The maximum absolute atomic E-state index is 13.1. The number of rotatable bonds is 9. The summed E-state index contributed by atoms with van der Waals surface area (Å²) in [5.74, 6) is 0.290. The number of nitrogens with one attached hydrogen (secondary N) is 1. The topological polar surface area (TPSA) is 58.6 Å². The number of nitrogens with zero attached hydrogens (tertiary/aromatic N) is 1. The number of amides is 2. The minimum absolute atomic E-state index is 0.119. The highest BCUT2D eigenvalue weighted by Gasteiger charge is 2.28. The van der Waals surface area contributed by atoms with Crippen LogP contribution in [0.1, 0.15) is 57.1 Å².